The third-order valence-corrected chi connectivity index (χ3v) is 3.24. The molecule has 0 aromatic carbocycles. The van der Waals surface area contributed by atoms with Crippen molar-refractivity contribution < 1.29 is 19.5 Å². The second-order valence-corrected chi connectivity index (χ2v) is 4.83. The number of imide groups is 1. The van der Waals surface area contributed by atoms with E-state index < -0.39 is 12.0 Å². The molecule has 90 valence electrons. The molecule has 2 unspecified atom stereocenters. The molecule has 0 radical (unpaired) electrons. The smallest absolute Gasteiger partial charge is 0.326 e. The monoisotopic (exact) mass is 245 g/mol. The van der Waals surface area contributed by atoms with Crippen molar-refractivity contribution in [3.05, 3.63) is 0 Å². The van der Waals surface area contributed by atoms with Crippen molar-refractivity contribution in [1.82, 2.24) is 4.90 Å². The van der Waals surface area contributed by atoms with E-state index in [2.05, 4.69) is 0 Å². The zero-order valence-corrected chi connectivity index (χ0v) is 10.1. The number of rotatable bonds is 5. The molecule has 0 aromatic rings. The second kappa shape index (κ2) is 5.34. The molecule has 2 amide bonds. The van der Waals surface area contributed by atoms with Crippen LogP contribution in [0.4, 0.5) is 0 Å². The van der Waals surface area contributed by atoms with E-state index in [1.54, 1.807) is 6.92 Å². The molecule has 0 bridgehead atoms. The minimum Gasteiger partial charge on any atom is -0.480 e. The van der Waals surface area contributed by atoms with Gasteiger partial charge in [0.05, 0.1) is 0 Å². The number of aliphatic carboxylic acids is 1. The molecular formula is C10H15NO4S. The minimum atomic E-state index is -1.11. The maximum absolute atomic E-state index is 11.7. The highest BCUT2D eigenvalue weighted by molar-refractivity contribution is 7.98. The van der Waals surface area contributed by atoms with Crippen LogP contribution in [-0.4, -0.2) is 45.8 Å². The third-order valence-electron chi connectivity index (χ3n) is 2.60. The fourth-order valence-electron chi connectivity index (χ4n) is 1.73. The highest BCUT2D eigenvalue weighted by atomic mass is 32.2. The first kappa shape index (κ1) is 13.0. The van der Waals surface area contributed by atoms with Gasteiger partial charge in [-0.1, -0.05) is 6.92 Å². The number of carboxylic acids is 1. The summed E-state index contributed by atoms with van der Waals surface area (Å²) in [6, 6.07) is -1.00. The standard InChI is InChI=1S/C10H15NO4S/c1-6-5-8(12)11(9(6)13)7(10(14)15)3-4-16-2/h6-7H,3-5H2,1-2H3,(H,14,15). The Labute approximate surface area is 98.2 Å². The van der Waals surface area contributed by atoms with Crippen molar-refractivity contribution >= 4 is 29.5 Å². The molecule has 5 nitrogen and oxygen atoms in total. The van der Waals surface area contributed by atoms with Gasteiger partial charge in [0.2, 0.25) is 11.8 Å². The third kappa shape index (κ3) is 2.55. The number of carbonyl (C=O) groups excluding carboxylic acids is 2. The van der Waals surface area contributed by atoms with Gasteiger partial charge in [-0.3, -0.25) is 14.5 Å². The average Bonchev–Trinajstić information content (AvgIpc) is 2.44. The lowest BCUT2D eigenvalue weighted by atomic mass is 10.1. The van der Waals surface area contributed by atoms with Crippen LogP contribution in [0.2, 0.25) is 0 Å². The minimum absolute atomic E-state index is 0.127. The van der Waals surface area contributed by atoms with Gasteiger partial charge in [-0.2, -0.15) is 11.8 Å². The summed E-state index contributed by atoms with van der Waals surface area (Å²) >= 11 is 1.50. The number of nitrogens with zero attached hydrogens (tertiary/aromatic N) is 1. The molecule has 0 saturated carbocycles. The zero-order valence-electron chi connectivity index (χ0n) is 9.30. The number of carbonyl (C=O) groups is 3. The fraction of sp³-hybridized carbons (Fsp3) is 0.700. The van der Waals surface area contributed by atoms with Crippen LogP contribution in [0.3, 0.4) is 0 Å². The molecule has 1 aliphatic rings. The van der Waals surface area contributed by atoms with Crippen LogP contribution in [0.5, 0.6) is 0 Å². The van der Waals surface area contributed by atoms with E-state index in [9.17, 15) is 14.4 Å². The van der Waals surface area contributed by atoms with Gasteiger partial charge in [0.25, 0.3) is 0 Å². The lowest BCUT2D eigenvalue weighted by Gasteiger charge is -2.22. The molecule has 1 rings (SSSR count). The summed E-state index contributed by atoms with van der Waals surface area (Å²) in [5.74, 6) is -1.61. The average molecular weight is 245 g/mol. The molecule has 0 aromatic heterocycles. The van der Waals surface area contributed by atoms with Crippen LogP contribution >= 0.6 is 11.8 Å². The van der Waals surface area contributed by atoms with Crippen LogP contribution in [0.15, 0.2) is 0 Å². The molecular weight excluding hydrogens is 230 g/mol. The number of thioether (sulfide) groups is 1. The Balaban J connectivity index is 2.81. The van der Waals surface area contributed by atoms with Crippen LogP contribution in [-0.2, 0) is 14.4 Å². The van der Waals surface area contributed by atoms with Gasteiger partial charge in [-0.25, -0.2) is 4.79 Å². The first-order chi connectivity index (χ1) is 7.49. The molecule has 16 heavy (non-hydrogen) atoms. The molecule has 1 aliphatic heterocycles. The molecule has 6 heteroatoms. The lowest BCUT2D eigenvalue weighted by Crippen LogP contribution is -2.45. The summed E-state index contributed by atoms with van der Waals surface area (Å²) in [5, 5.41) is 9.03. The summed E-state index contributed by atoms with van der Waals surface area (Å²) < 4.78 is 0. The highest BCUT2D eigenvalue weighted by Crippen LogP contribution is 2.23. The fourth-order valence-corrected chi connectivity index (χ4v) is 2.19. The lowest BCUT2D eigenvalue weighted by molar-refractivity contribution is -0.154. The second-order valence-electron chi connectivity index (χ2n) is 3.84. The van der Waals surface area contributed by atoms with E-state index in [0.717, 1.165) is 4.90 Å². The van der Waals surface area contributed by atoms with Crippen molar-refractivity contribution in [1.29, 1.82) is 0 Å². The Hall–Kier alpha value is -1.04. The number of likely N-dealkylation sites (tertiary alicyclic amines) is 1. The summed E-state index contributed by atoms with van der Waals surface area (Å²) in [6.07, 6.45) is 2.29. The van der Waals surface area contributed by atoms with Crippen LogP contribution < -0.4 is 0 Å². The van der Waals surface area contributed by atoms with Crippen molar-refractivity contribution in [3.63, 3.8) is 0 Å². The van der Waals surface area contributed by atoms with Gasteiger partial charge in [0, 0.05) is 12.3 Å². The Morgan fingerprint density at radius 1 is 1.62 bits per heavy atom. The van der Waals surface area contributed by atoms with Crippen LogP contribution in [0.25, 0.3) is 0 Å². The van der Waals surface area contributed by atoms with Crippen molar-refractivity contribution in [2.24, 2.45) is 5.92 Å². The Bertz CT molecular complexity index is 318. The number of hydrogen-bond donors (Lipinski definition) is 1. The maximum atomic E-state index is 11.7. The highest BCUT2D eigenvalue weighted by Gasteiger charge is 2.42. The number of amides is 2. The molecule has 1 N–H and O–H groups in total. The van der Waals surface area contributed by atoms with Crippen molar-refractivity contribution in [3.8, 4) is 0 Å². The number of carboxylic acid groups (broad SMARTS) is 1. The van der Waals surface area contributed by atoms with E-state index in [1.165, 1.54) is 11.8 Å². The predicted octanol–water partition coefficient (Wildman–Crippen LogP) is 0.588. The van der Waals surface area contributed by atoms with Gasteiger partial charge in [-0.05, 0) is 18.4 Å². The number of hydrogen-bond acceptors (Lipinski definition) is 4. The molecule has 1 saturated heterocycles. The van der Waals surface area contributed by atoms with E-state index in [4.69, 9.17) is 5.11 Å². The van der Waals surface area contributed by atoms with Gasteiger partial charge in [0.1, 0.15) is 6.04 Å². The van der Waals surface area contributed by atoms with E-state index in [1.807, 2.05) is 6.26 Å². The first-order valence-corrected chi connectivity index (χ1v) is 6.46. The first-order valence-electron chi connectivity index (χ1n) is 5.06. The quantitative estimate of drug-likeness (QED) is 0.717. The zero-order chi connectivity index (χ0) is 12.3. The Morgan fingerprint density at radius 2 is 2.25 bits per heavy atom. The predicted molar refractivity (Wildman–Crippen MR) is 60.1 cm³/mol. The molecule has 2 atom stereocenters. The van der Waals surface area contributed by atoms with Gasteiger partial charge in [0.15, 0.2) is 0 Å². The van der Waals surface area contributed by atoms with Gasteiger partial charge >= 0.3 is 5.97 Å². The molecule has 1 fully saturated rings. The molecule has 1 heterocycles. The van der Waals surface area contributed by atoms with Gasteiger partial charge < -0.3 is 5.11 Å². The topological polar surface area (TPSA) is 74.7 Å². The maximum Gasteiger partial charge on any atom is 0.326 e. The largest absolute Gasteiger partial charge is 0.480 e. The summed E-state index contributed by atoms with van der Waals surface area (Å²) in [7, 11) is 0. The van der Waals surface area contributed by atoms with Crippen molar-refractivity contribution in [2.45, 2.75) is 25.8 Å². The van der Waals surface area contributed by atoms with E-state index in [0.29, 0.717) is 12.2 Å². The molecule has 0 aliphatic carbocycles. The summed E-state index contributed by atoms with van der Waals surface area (Å²) in [6.45, 7) is 1.65. The molecule has 0 spiro atoms. The Kier molecular flexibility index (Phi) is 4.35. The normalized spacial score (nSPS) is 22.6. The summed E-state index contributed by atoms with van der Waals surface area (Å²) in [5.41, 5.74) is 0. The SMILES string of the molecule is CSCCC(C(=O)O)N1C(=O)CC(C)C1=O. The van der Waals surface area contributed by atoms with E-state index in [-0.39, 0.29) is 24.2 Å². The van der Waals surface area contributed by atoms with Crippen LogP contribution in [0, 0.1) is 5.92 Å². The summed E-state index contributed by atoms with van der Waals surface area (Å²) in [4.78, 5) is 35.2. The van der Waals surface area contributed by atoms with Crippen molar-refractivity contribution in [2.75, 3.05) is 12.0 Å². The van der Waals surface area contributed by atoms with E-state index >= 15 is 0 Å². The van der Waals surface area contributed by atoms with Crippen LogP contribution in [0.1, 0.15) is 19.8 Å². The Morgan fingerprint density at radius 3 is 2.62 bits per heavy atom. The van der Waals surface area contributed by atoms with Gasteiger partial charge in [-0.15, -0.1) is 0 Å².